The average molecular weight is 223 g/mol. The molecule has 0 radical (unpaired) electrons. The first-order valence-corrected chi connectivity index (χ1v) is 4.87. The van der Waals surface area contributed by atoms with Crippen LogP contribution in [0.5, 0.6) is 0 Å². The van der Waals surface area contributed by atoms with Crippen molar-refractivity contribution in [2.45, 2.75) is 11.7 Å². The Hall–Kier alpha value is -0.815. The number of alkyl halides is 1. The van der Waals surface area contributed by atoms with Crippen LogP contribution in [0, 0.1) is 11.3 Å². The number of nitriles is 1. The molecule has 0 aliphatic rings. The first-order valence-electron chi connectivity index (χ1n) is 3.75. The molecule has 2 nitrogen and oxygen atoms in total. The number of hydrogen-bond donors (Lipinski definition) is 0. The van der Waals surface area contributed by atoms with Crippen LogP contribution in [0.4, 0.5) is 0 Å². The van der Waals surface area contributed by atoms with Gasteiger partial charge in [-0.2, -0.15) is 5.26 Å². The topological polar surface area (TPSA) is 36.7 Å². The maximum atomic E-state index is 8.59. The second-order valence-electron chi connectivity index (χ2n) is 2.44. The summed E-state index contributed by atoms with van der Waals surface area (Å²) in [5.74, 6) is 0. The van der Waals surface area contributed by atoms with Crippen LogP contribution in [0.15, 0.2) is 12.3 Å². The van der Waals surface area contributed by atoms with Gasteiger partial charge >= 0.3 is 0 Å². The van der Waals surface area contributed by atoms with Crippen LogP contribution < -0.4 is 0 Å². The van der Waals surface area contributed by atoms with E-state index in [2.05, 4.69) is 28.8 Å². The summed E-state index contributed by atoms with van der Waals surface area (Å²) in [6, 6.07) is 3.85. The molecule has 0 N–H and O–H groups in total. The van der Waals surface area contributed by atoms with Crippen molar-refractivity contribution in [2.24, 2.45) is 0 Å². The van der Waals surface area contributed by atoms with Crippen LogP contribution in [0.3, 0.4) is 0 Å². The summed E-state index contributed by atoms with van der Waals surface area (Å²) in [5.41, 5.74) is 2.84. The van der Waals surface area contributed by atoms with Gasteiger partial charge in [0.25, 0.3) is 0 Å². The fraction of sp³-hybridized carbons (Fsp3) is 0.250. The fourth-order valence-corrected chi connectivity index (χ4v) is 1.55. The molecule has 1 heterocycles. The molecule has 1 rings (SSSR count). The van der Waals surface area contributed by atoms with Crippen LogP contribution >= 0.6 is 15.9 Å². The average Bonchev–Trinajstić information content (AvgIpc) is 2.16. The third-order valence-corrected chi connectivity index (χ3v) is 2.33. The summed E-state index contributed by atoms with van der Waals surface area (Å²) in [6.07, 6.45) is 2.73. The van der Waals surface area contributed by atoms with E-state index in [0.717, 1.165) is 17.2 Å². The lowest BCUT2D eigenvalue weighted by Crippen LogP contribution is -1.95. The minimum Gasteiger partial charge on any atom is -0.245 e. The number of rotatable bonds is 2. The van der Waals surface area contributed by atoms with E-state index >= 15 is 0 Å². The Bertz CT molecular complexity index is 319. The van der Waals surface area contributed by atoms with E-state index < -0.39 is 0 Å². The lowest BCUT2D eigenvalue weighted by molar-refractivity contribution is 1.16. The first kappa shape index (κ1) is 9.27. The standard InChI is InChI=1S/C8H8BBrN2/c9-2-7-5-12-8(4-11)1-6(7)3-10/h1,5H,2-3,9H2. The zero-order chi connectivity index (χ0) is 8.97. The second kappa shape index (κ2) is 4.27. The molecule has 0 aliphatic heterocycles. The molecule has 12 heavy (non-hydrogen) atoms. The Morgan fingerprint density at radius 1 is 1.58 bits per heavy atom. The van der Waals surface area contributed by atoms with E-state index in [1.54, 1.807) is 6.20 Å². The number of aromatic nitrogens is 1. The molecule has 0 aliphatic carbocycles. The minimum absolute atomic E-state index is 0.488. The highest BCUT2D eigenvalue weighted by molar-refractivity contribution is 9.08. The Labute approximate surface area is 81.2 Å². The van der Waals surface area contributed by atoms with Crippen LogP contribution in [-0.4, -0.2) is 12.8 Å². The van der Waals surface area contributed by atoms with E-state index in [1.165, 1.54) is 5.56 Å². The van der Waals surface area contributed by atoms with Gasteiger partial charge in [-0.15, -0.1) is 0 Å². The van der Waals surface area contributed by atoms with Gasteiger partial charge in [-0.25, -0.2) is 4.98 Å². The predicted molar refractivity (Wildman–Crippen MR) is 53.8 cm³/mol. The van der Waals surface area contributed by atoms with E-state index in [1.807, 2.05) is 12.1 Å². The van der Waals surface area contributed by atoms with E-state index in [-0.39, 0.29) is 0 Å². The lowest BCUT2D eigenvalue weighted by Gasteiger charge is -2.02. The highest BCUT2D eigenvalue weighted by Crippen LogP contribution is 2.12. The monoisotopic (exact) mass is 222 g/mol. The van der Waals surface area contributed by atoms with Crippen molar-refractivity contribution in [3.63, 3.8) is 0 Å². The largest absolute Gasteiger partial charge is 0.245 e. The van der Waals surface area contributed by atoms with Crippen LogP contribution in [-0.2, 0) is 11.7 Å². The Morgan fingerprint density at radius 2 is 2.33 bits per heavy atom. The molecule has 4 heteroatoms. The third kappa shape index (κ3) is 1.86. The summed E-state index contributed by atoms with van der Waals surface area (Å²) in [7, 11) is 2.08. The molecule has 60 valence electrons. The number of nitrogens with zero attached hydrogens (tertiary/aromatic N) is 2. The van der Waals surface area contributed by atoms with E-state index in [0.29, 0.717) is 5.69 Å². The van der Waals surface area contributed by atoms with Gasteiger partial charge < -0.3 is 0 Å². The summed E-state index contributed by atoms with van der Waals surface area (Å²) >= 11 is 3.38. The van der Waals surface area contributed by atoms with Gasteiger partial charge in [0.2, 0.25) is 0 Å². The SMILES string of the molecule is BCc1cnc(C#N)cc1CBr. The number of hydrogen-bond acceptors (Lipinski definition) is 2. The highest BCUT2D eigenvalue weighted by Gasteiger charge is 2.01. The van der Waals surface area contributed by atoms with E-state index in [9.17, 15) is 0 Å². The van der Waals surface area contributed by atoms with Crippen LogP contribution in [0.1, 0.15) is 16.8 Å². The molecule has 0 unspecified atom stereocenters. The van der Waals surface area contributed by atoms with Gasteiger partial charge in [0.1, 0.15) is 19.6 Å². The van der Waals surface area contributed by atoms with Gasteiger partial charge in [0, 0.05) is 11.5 Å². The quantitative estimate of drug-likeness (QED) is 0.553. The molecule has 1 aromatic heterocycles. The molecule has 0 bridgehead atoms. The second-order valence-corrected chi connectivity index (χ2v) is 3.00. The van der Waals surface area contributed by atoms with Crippen LogP contribution in [0.25, 0.3) is 0 Å². The molecule has 0 amide bonds. The van der Waals surface area contributed by atoms with Crippen molar-refractivity contribution in [3.8, 4) is 6.07 Å². The molecule has 0 atom stereocenters. The molecular formula is C8H8BBrN2. The maximum absolute atomic E-state index is 8.59. The smallest absolute Gasteiger partial charge is 0.140 e. The summed E-state index contributed by atoms with van der Waals surface area (Å²) < 4.78 is 0. The zero-order valence-electron chi connectivity index (χ0n) is 6.84. The minimum atomic E-state index is 0.488. The first-order chi connectivity index (χ1) is 5.81. The van der Waals surface area contributed by atoms with E-state index in [4.69, 9.17) is 5.26 Å². The molecule has 0 saturated carbocycles. The van der Waals surface area contributed by atoms with Crippen molar-refractivity contribution in [1.82, 2.24) is 4.98 Å². The third-order valence-electron chi connectivity index (χ3n) is 1.72. The number of pyridine rings is 1. The molecule has 1 aromatic rings. The molecule has 0 aromatic carbocycles. The Balaban J connectivity index is 3.13. The van der Waals surface area contributed by atoms with Crippen molar-refractivity contribution in [1.29, 1.82) is 5.26 Å². The summed E-state index contributed by atoms with van der Waals surface area (Å²) in [6.45, 7) is 0. The lowest BCUT2D eigenvalue weighted by atomic mass is 9.95. The van der Waals surface area contributed by atoms with Crippen molar-refractivity contribution in [3.05, 3.63) is 29.1 Å². The maximum Gasteiger partial charge on any atom is 0.140 e. The van der Waals surface area contributed by atoms with Crippen molar-refractivity contribution < 1.29 is 0 Å². The molecular weight excluding hydrogens is 215 g/mol. The van der Waals surface area contributed by atoms with Gasteiger partial charge in [0.15, 0.2) is 0 Å². The zero-order valence-corrected chi connectivity index (χ0v) is 8.43. The van der Waals surface area contributed by atoms with Crippen molar-refractivity contribution >= 4 is 23.8 Å². The molecule has 0 fully saturated rings. The van der Waals surface area contributed by atoms with Gasteiger partial charge in [-0.1, -0.05) is 22.3 Å². The highest BCUT2D eigenvalue weighted by atomic mass is 79.9. The molecule has 0 saturated heterocycles. The fourth-order valence-electron chi connectivity index (χ4n) is 1.03. The summed E-state index contributed by atoms with van der Waals surface area (Å²) in [5, 5.41) is 9.38. The van der Waals surface area contributed by atoms with Crippen molar-refractivity contribution in [2.75, 3.05) is 0 Å². The van der Waals surface area contributed by atoms with Crippen LogP contribution in [0.2, 0.25) is 0 Å². The number of halogens is 1. The molecule has 0 spiro atoms. The Morgan fingerprint density at radius 3 is 2.83 bits per heavy atom. The van der Waals surface area contributed by atoms with Gasteiger partial charge in [-0.3, -0.25) is 0 Å². The normalized spacial score (nSPS) is 9.33. The van der Waals surface area contributed by atoms with Gasteiger partial charge in [-0.05, 0) is 17.2 Å². The predicted octanol–water partition coefficient (Wildman–Crippen LogP) is 0.981. The summed E-state index contributed by atoms with van der Waals surface area (Å²) in [4.78, 5) is 3.99. The van der Waals surface area contributed by atoms with Gasteiger partial charge in [0.05, 0.1) is 0 Å². The Kier molecular flexibility index (Phi) is 3.30.